The third-order valence-electron chi connectivity index (χ3n) is 4.30. The van der Waals surface area contributed by atoms with Gasteiger partial charge in [-0.2, -0.15) is 0 Å². The first-order valence-electron chi connectivity index (χ1n) is 9.65. The molecule has 0 aliphatic carbocycles. The molecule has 0 saturated heterocycles. The molecular formula is C19H42O3P+. The van der Waals surface area contributed by atoms with Gasteiger partial charge < -0.3 is 10.2 Å². The van der Waals surface area contributed by atoms with Crippen molar-refractivity contribution in [1.82, 2.24) is 0 Å². The Balaban J connectivity index is 0. The van der Waals surface area contributed by atoms with E-state index in [-0.39, 0.29) is 0 Å². The van der Waals surface area contributed by atoms with Crippen LogP contribution < -0.4 is 0 Å². The largest absolute Gasteiger partial charge is 0.479 e. The number of rotatable bonds is 13. The lowest BCUT2D eigenvalue weighted by Gasteiger charge is -2.28. The van der Waals surface area contributed by atoms with Gasteiger partial charge in [0.1, 0.15) is 6.10 Å². The average Bonchev–Trinajstić information content (AvgIpc) is 2.54. The predicted molar refractivity (Wildman–Crippen MR) is 105 cm³/mol. The van der Waals surface area contributed by atoms with E-state index in [1.807, 2.05) is 0 Å². The fourth-order valence-corrected chi connectivity index (χ4v) is 7.93. The number of hydrogen-bond acceptors (Lipinski definition) is 2. The van der Waals surface area contributed by atoms with Crippen LogP contribution in [0.4, 0.5) is 0 Å². The molecule has 0 aromatic rings. The number of aliphatic hydroxyl groups excluding tert-OH is 1. The van der Waals surface area contributed by atoms with Crippen LogP contribution in [0.2, 0.25) is 0 Å². The molecule has 1 unspecified atom stereocenters. The number of carboxylic acids is 1. The molecule has 0 fully saturated rings. The zero-order valence-electron chi connectivity index (χ0n) is 16.3. The van der Waals surface area contributed by atoms with Crippen molar-refractivity contribution in [3.8, 4) is 0 Å². The van der Waals surface area contributed by atoms with Gasteiger partial charge in [0.2, 0.25) is 0 Å². The topological polar surface area (TPSA) is 57.5 Å². The van der Waals surface area contributed by atoms with E-state index < -0.39 is 19.3 Å². The Morgan fingerprint density at radius 1 is 0.783 bits per heavy atom. The lowest BCUT2D eigenvalue weighted by atomic mass is 10.4. The van der Waals surface area contributed by atoms with Gasteiger partial charge in [-0.05, 0) is 32.6 Å². The molecule has 0 heterocycles. The van der Waals surface area contributed by atoms with E-state index >= 15 is 0 Å². The van der Waals surface area contributed by atoms with Crippen molar-refractivity contribution in [2.24, 2.45) is 0 Å². The fraction of sp³-hybridized carbons (Fsp3) is 0.947. The van der Waals surface area contributed by atoms with Gasteiger partial charge in [0.05, 0.1) is 24.6 Å². The Bertz CT molecular complexity index is 230. The highest BCUT2D eigenvalue weighted by molar-refractivity contribution is 7.75. The smallest absolute Gasteiger partial charge is 0.332 e. The molecule has 0 bridgehead atoms. The Labute approximate surface area is 145 Å². The van der Waals surface area contributed by atoms with Crippen molar-refractivity contribution in [3.63, 3.8) is 0 Å². The molecule has 3 nitrogen and oxygen atoms in total. The van der Waals surface area contributed by atoms with Crippen molar-refractivity contribution in [2.75, 3.05) is 24.6 Å². The van der Waals surface area contributed by atoms with Gasteiger partial charge in [-0.15, -0.1) is 0 Å². The zero-order chi connectivity index (χ0) is 18.1. The molecule has 0 aliphatic heterocycles. The van der Waals surface area contributed by atoms with Crippen LogP contribution >= 0.6 is 7.26 Å². The third kappa shape index (κ3) is 15.1. The molecule has 0 spiro atoms. The highest BCUT2D eigenvalue weighted by Gasteiger charge is 2.34. The van der Waals surface area contributed by atoms with Gasteiger partial charge in [-0.25, -0.2) is 4.79 Å². The molecule has 0 saturated carbocycles. The second-order valence-electron chi connectivity index (χ2n) is 6.66. The minimum Gasteiger partial charge on any atom is -0.479 e. The molecule has 23 heavy (non-hydrogen) atoms. The highest BCUT2D eigenvalue weighted by Crippen LogP contribution is 2.61. The minimum absolute atomic E-state index is 0.562. The summed E-state index contributed by atoms with van der Waals surface area (Å²) >= 11 is 0. The first-order valence-corrected chi connectivity index (χ1v) is 12.2. The Morgan fingerprint density at radius 2 is 1.00 bits per heavy atom. The van der Waals surface area contributed by atoms with Crippen molar-refractivity contribution in [2.45, 2.75) is 92.1 Å². The van der Waals surface area contributed by atoms with E-state index in [2.05, 4.69) is 27.7 Å². The van der Waals surface area contributed by atoms with Crippen molar-refractivity contribution >= 4 is 13.2 Å². The average molecular weight is 350 g/mol. The number of carboxylic acid groups (broad SMARTS) is 1. The first-order chi connectivity index (χ1) is 10.9. The molecule has 2 N–H and O–H groups in total. The number of unbranched alkanes of at least 4 members (excludes halogenated alkanes) is 4. The maximum atomic E-state index is 9.45. The van der Waals surface area contributed by atoms with E-state index in [9.17, 15) is 4.79 Å². The van der Waals surface area contributed by atoms with Crippen molar-refractivity contribution in [3.05, 3.63) is 0 Å². The monoisotopic (exact) mass is 349 g/mol. The zero-order valence-corrected chi connectivity index (χ0v) is 17.2. The minimum atomic E-state index is -1.23. The quantitative estimate of drug-likeness (QED) is 0.422. The van der Waals surface area contributed by atoms with Gasteiger partial charge >= 0.3 is 5.97 Å². The lowest BCUT2D eigenvalue weighted by Crippen LogP contribution is -2.13. The summed E-state index contributed by atoms with van der Waals surface area (Å²) in [4.78, 5) is 9.45. The summed E-state index contributed by atoms with van der Waals surface area (Å²) in [5.41, 5.74) is 0. The van der Waals surface area contributed by atoms with Crippen LogP contribution in [-0.4, -0.2) is 46.9 Å². The van der Waals surface area contributed by atoms with Crippen LogP contribution in [-0.2, 0) is 4.79 Å². The molecular weight excluding hydrogens is 307 g/mol. The first kappa shape index (κ1) is 25.1. The normalized spacial score (nSPS) is 12.4. The number of carbonyl (C=O) groups is 1. The summed E-state index contributed by atoms with van der Waals surface area (Å²) in [5.74, 6) is -1.19. The summed E-state index contributed by atoms with van der Waals surface area (Å²) in [6.45, 7) is 10.6. The van der Waals surface area contributed by atoms with Gasteiger partial charge in [0.25, 0.3) is 0 Å². The van der Waals surface area contributed by atoms with E-state index in [0.29, 0.717) is 0 Å². The number of hydrogen-bond donors (Lipinski definition) is 2. The fourth-order valence-electron chi connectivity index (χ4n) is 2.64. The second-order valence-corrected chi connectivity index (χ2v) is 11.1. The van der Waals surface area contributed by atoms with E-state index in [1.165, 1.54) is 58.3 Å². The molecule has 0 aromatic heterocycles. The summed E-state index contributed by atoms with van der Waals surface area (Å²) < 4.78 is 0. The lowest BCUT2D eigenvalue weighted by molar-refractivity contribution is -0.145. The maximum Gasteiger partial charge on any atom is 0.332 e. The van der Waals surface area contributed by atoms with Gasteiger partial charge in [-0.3, -0.25) is 0 Å². The van der Waals surface area contributed by atoms with Gasteiger partial charge in [0.15, 0.2) is 0 Å². The SMILES string of the molecule is CC(O)C(=O)O.CCCC[P+](CCCC)(CCCC)CCCC. The molecule has 140 valence electrons. The van der Waals surface area contributed by atoms with Gasteiger partial charge in [0, 0.05) is 7.26 Å². The highest BCUT2D eigenvalue weighted by atomic mass is 31.2. The van der Waals surface area contributed by atoms with Crippen LogP contribution in [0.15, 0.2) is 0 Å². The van der Waals surface area contributed by atoms with Gasteiger partial charge in [-0.1, -0.05) is 53.4 Å². The summed E-state index contributed by atoms with van der Waals surface area (Å²) in [7, 11) is -0.562. The summed E-state index contributed by atoms with van der Waals surface area (Å²) in [5, 5.41) is 15.8. The Morgan fingerprint density at radius 3 is 1.13 bits per heavy atom. The van der Waals surface area contributed by atoms with E-state index in [1.54, 1.807) is 24.6 Å². The van der Waals surface area contributed by atoms with E-state index in [4.69, 9.17) is 10.2 Å². The molecule has 0 amide bonds. The number of aliphatic hydroxyl groups is 1. The van der Waals surface area contributed by atoms with Crippen LogP contribution in [0.5, 0.6) is 0 Å². The van der Waals surface area contributed by atoms with Crippen LogP contribution in [0.25, 0.3) is 0 Å². The summed E-state index contributed by atoms with van der Waals surface area (Å²) in [6, 6.07) is 0. The van der Waals surface area contributed by atoms with Crippen LogP contribution in [0.1, 0.15) is 86.0 Å². The molecule has 0 aliphatic rings. The predicted octanol–water partition coefficient (Wildman–Crippen LogP) is 5.66. The molecule has 4 heteroatoms. The Kier molecular flexibility index (Phi) is 18.2. The van der Waals surface area contributed by atoms with E-state index in [0.717, 1.165) is 0 Å². The molecule has 1 atom stereocenters. The second kappa shape index (κ2) is 16.7. The maximum absolute atomic E-state index is 9.45. The van der Waals surface area contributed by atoms with Crippen molar-refractivity contribution in [1.29, 1.82) is 0 Å². The third-order valence-corrected chi connectivity index (χ3v) is 9.36. The van der Waals surface area contributed by atoms with Crippen molar-refractivity contribution < 1.29 is 15.0 Å². The van der Waals surface area contributed by atoms with Crippen LogP contribution in [0, 0.1) is 0 Å². The van der Waals surface area contributed by atoms with Crippen LogP contribution in [0.3, 0.4) is 0 Å². The Hall–Kier alpha value is -0.140. The standard InChI is InChI=1S/C16H36P.C3H6O3/c1-5-9-13-17(14-10-6-2,15-11-7-3)16-12-8-4;1-2(4)3(5)6/h5-16H2,1-4H3;2,4H,1H3,(H,5,6)/q+1;. The number of aliphatic carboxylic acids is 1. The molecule has 0 radical (unpaired) electrons. The molecule has 0 aromatic carbocycles. The molecule has 0 rings (SSSR count). The summed E-state index contributed by atoms with van der Waals surface area (Å²) in [6.07, 6.45) is 16.7.